The second-order valence-corrected chi connectivity index (χ2v) is 0. The molecule has 0 radical (unpaired) electrons. The summed E-state index contributed by atoms with van der Waals surface area (Å²) in [5.41, 5.74) is 0. The predicted molar refractivity (Wildman–Crippen MR) is 0 cm³/mol. The Kier molecular flexibility index (Phi) is 4930. The van der Waals surface area contributed by atoms with E-state index < -0.39 is 0 Å². The topological polar surface area (TPSA) is 0 Å². The number of halogens is 6. The summed E-state index contributed by atoms with van der Waals surface area (Å²) in [6.07, 6.45) is 0. The Balaban J connectivity index is 0. The molecule has 0 unspecified atom stereocenters. The first-order chi connectivity index (χ1) is 0. The summed E-state index contributed by atoms with van der Waals surface area (Å²) in [6, 6.07) is 0. The smallest absolute Gasteiger partial charge is 1.00 e. The van der Waals surface area contributed by atoms with Crippen LogP contribution in [0.15, 0.2) is 0 Å². The minimum Gasteiger partial charge on any atom is -1.00 e. The van der Waals surface area contributed by atoms with Crippen molar-refractivity contribution < 1.29 is 93.6 Å². The molecular weight excluding hydrogens is 292 g/mol. The van der Waals surface area contributed by atoms with Gasteiger partial charge in [-0.25, -0.2) is 0 Å². The van der Waals surface area contributed by atoms with Crippen LogP contribution in [0.1, 0.15) is 0 Å². The van der Waals surface area contributed by atoms with Crippen molar-refractivity contribution in [2.24, 2.45) is 0 Å². The van der Waals surface area contributed by atoms with E-state index in [9.17, 15) is 0 Å². The molecule has 0 aliphatic heterocycles. The minimum absolute atomic E-state index is 0. The molecule has 0 aromatic rings. The van der Waals surface area contributed by atoms with Crippen LogP contribution in [0.2, 0.25) is 0 Å². The second kappa shape index (κ2) is 167. The third kappa shape index (κ3) is 112. The zero-order chi connectivity index (χ0) is 0. The summed E-state index contributed by atoms with van der Waals surface area (Å²) >= 11 is 0. The molecule has 0 amide bonds. The number of hydrogen-bond acceptors (Lipinski definition) is 0. The maximum Gasteiger partial charge on any atom is 3.00 e. The van der Waals surface area contributed by atoms with Gasteiger partial charge in [-0.05, 0) is 0 Å². The van der Waals surface area contributed by atoms with Crippen LogP contribution in [-0.2, 0) is 65.4 Å². The molecule has 0 nitrogen and oxygen atoms in total. The average Bonchev–Trinajstić information content (AvgIpc) is 0. The molecule has 0 aliphatic rings. The Hall–Kier alpha value is 1.79. The van der Waals surface area contributed by atoms with Crippen molar-refractivity contribution in [2.75, 3.05) is 0 Å². The fourth-order valence-corrected chi connectivity index (χ4v) is 0. The van der Waals surface area contributed by atoms with E-state index in [2.05, 4.69) is 0 Å². The zero-order valence-corrected chi connectivity index (χ0v) is 9.10. The van der Waals surface area contributed by atoms with Crippen molar-refractivity contribution in [3.05, 3.63) is 0 Å². The molecule has 0 saturated heterocycles. The first kappa shape index (κ1) is 236. The maximum atomic E-state index is 0. The van der Waals surface area contributed by atoms with E-state index >= 15 is 0 Å². The van der Waals surface area contributed by atoms with Crippen LogP contribution < -0.4 is 28.2 Å². The molecule has 0 saturated carbocycles. The van der Waals surface area contributed by atoms with Crippen LogP contribution in [0.4, 0.5) is 0 Å². The fourth-order valence-electron chi connectivity index (χ4n) is 0. The molecule has 0 rings (SSSR count). The zero-order valence-electron chi connectivity index (χ0n) is 3.42. The Morgan fingerprint density at radius 1 is 0.250 bits per heavy atom. The van der Waals surface area contributed by atoms with Crippen molar-refractivity contribution in [1.82, 2.24) is 0 Å². The summed E-state index contributed by atoms with van der Waals surface area (Å²) in [6.45, 7) is 0. The van der Waals surface area contributed by atoms with Crippen LogP contribution in [0, 0.1) is 0 Å². The van der Waals surface area contributed by atoms with E-state index in [1.165, 1.54) is 0 Å². The van der Waals surface area contributed by atoms with Gasteiger partial charge in [-0.3, -0.25) is 0 Å². The van der Waals surface area contributed by atoms with Crippen molar-refractivity contribution in [2.45, 2.75) is 0 Å². The molecule has 48 valence electrons. The Morgan fingerprint density at radius 3 is 0.250 bits per heavy atom. The van der Waals surface area contributed by atoms with Gasteiger partial charge in [-0.1, -0.05) is 0 Å². The van der Waals surface area contributed by atoms with Crippen molar-refractivity contribution in [1.29, 1.82) is 0 Å². The normalized spacial score (nSPS) is 0. The molecule has 0 spiro atoms. The maximum absolute atomic E-state index is 0. The number of rotatable bonds is 0. The van der Waals surface area contributed by atoms with Gasteiger partial charge in [0.05, 0.1) is 0 Å². The average molecular weight is 292 g/mol. The molecule has 0 fully saturated rings. The SMILES string of the molecule is [F-].[F-].[F-].[F-].[F-].[F-].[Y+3].[Y+3]. The van der Waals surface area contributed by atoms with E-state index in [1.807, 2.05) is 0 Å². The third-order valence-electron chi connectivity index (χ3n) is 0. The molecular formula is F6Y2. The summed E-state index contributed by atoms with van der Waals surface area (Å²) in [7, 11) is 0. The standard InChI is InChI=1S/6FH.2Y/h6*1H;;/q;;;;;;2*+3/p-6. The van der Waals surface area contributed by atoms with Crippen LogP contribution in [0.3, 0.4) is 0 Å². The predicted octanol–water partition coefficient (Wildman–Crippen LogP) is -18.0. The molecule has 8 heavy (non-hydrogen) atoms. The molecule has 0 atom stereocenters. The Bertz CT molecular complexity index is 6.49. The first-order valence-electron chi connectivity index (χ1n) is 0. The Labute approximate surface area is 92.5 Å². The van der Waals surface area contributed by atoms with E-state index in [-0.39, 0.29) is 93.6 Å². The van der Waals surface area contributed by atoms with E-state index in [4.69, 9.17) is 0 Å². The van der Waals surface area contributed by atoms with Crippen molar-refractivity contribution in [3.8, 4) is 0 Å². The van der Waals surface area contributed by atoms with Gasteiger partial charge in [0.2, 0.25) is 0 Å². The summed E-state index contributed by atoms with van der Waals surface area (Å²) in [5.74, 6) is 0. The van der Waals surface area contributed by atoms with Crippen LogP contribution in [0.5, 0.6) is 0 Å². The van der Waals surface area contributed by atoms with Gasteiger partial charge in [-0.2, -0.15) is 0 Å². The van der Waals surface area contributed by atoms with Gasteiger partial charge in [0.1, 0.15) is 0 Å². The molecule has 8 heteroatoms. The van der Waals surface area contributed by atoms with E-state index in [0.29, 0.717) is 0 Å². The molecule has 0 aromatic heterocycles. The third-order valence-corrected chi connectivity index (χ3v) is 0. The van der Waals surface area contributed by atoms with Crippen LogP contribution in [0.25, 0.3) is 0 Å². The van der Waals surface area contributed by atoms with Crippen LogP contribution in [-0.4, -0.2) is 0 Å². The van der Waals surface area contributed by atoms with Gasteiger partial charge in [0.25, 0.3) is 0 Å². The summed E-state index contributed by atoms with van der Waals surface area (Å²) in [4.78, 5) is 0. The second-order valence-electron chi connectivity index (χ2n) is 0. The van der Waals surface area contributed by atoms with Crippen molar-refractivity contribution in [3.63, 3.8) is 0 Å². The largest absolute Gasteiger partial charge is 3.00 e. The molecule has 0 N–H and O–H groups in total. The first-order valence-corrected chi connectivity index (χ1v) is 0. The molecule has 0 bridgehead atoms. The monoisotopic (exact) mass is 292 g/mol. The quantitative estimate of drug-likeness (QED) is 0.389. The molecule has 0 aromatic carbocycles. The van der Waals surface area contributed by atoms with Gasteiger partial charge in [-0.15, -0.1) is 0 Å². The Morgan fingerprint density at radius 2 is 0.250 bits per heavy atom. The molecule has 0 aliphatic carbocycles. The van der Waals surface area contributed by atoms with E-state index in [0.717, 1.165) is 0 Å². The van der Waals surface area contributed by atoms with E-state index in [1.54, 1.807) is 0 Å². The number of hydrogen-bond donors (Lipinski definition) is 0. The summed E-state index contributed by atoms with van der Waals surface area (Å²) in [5, 5.41) is 0. The molecule has 0 heterocycles. The summed E-state index contributed by atoms with van der Waals surface area (Å²) < 4.78 is 0. The van der Waals surface area contributed by atoms with Gasteiger partial charge in [0.15, 0.2) is 0 Å². The van der Waals surface area contributed by atoms with Gasteiger partial charge in [0, 0.05) is 0 Å². The van der Waals surface area contributed by atoms with Gasteiger partial charge >= 0.3 is 65.4 Å². The van der Waals surface area contributed by atoms with Crippen molar-refractivity contribution >= 4 is 0 Å². The van der Waals surface area contributed by atoms with Gasteiger partial charge < -0.3 is 28.2 Å². The minimum atomic E-state index is 0. The van der Waals surface area contributed by atoms with Crippen LogP contribution >= 0.6 is 0 Å². The fraction of sp³-hybridized carbons (Fsp3) is 0.